The summed E-state index contributed by atoms with van der Waals surface area (Å²) in [5, 5.41) is 0. The highest BCUT2D eigenvalue weighted by Gasteiger charge is 2.33. The van der Waals surface area contributed by atoms with Crippen molar-refractivity contribution in [1.82, 2.24) is 0 Å². The molecule has 0 unspecified atom stereocenters. The highest BCUT2D eigenvalue weighted by molar-refractivity contribution is 5.66. The van der Waals surface area contributed by atoms with Crippen LogP contribution in [0.1, 0.15) is 34.1 Å². The highest BCUT2D eigenvalue weighted by Crippen LogP contribution is 2.19. The first kappa shape index (κ1) is 12.4. The summed E-state index contributed by atoms with van der Waals surface area (Å²) in [6.07, 6.45) is 0.480. The van der Waals surface area contributed by atoms with E-state index in [4.69, 9.17) is 14.2 Å². The minimum atomic E-state index is -1.19. The predicted molar refractivity (Wildman–Crippen MR) is 48.0 cm³/mol. The molecule has 0 heterocycles. The predicted octanol–water partition coefficient (Wildman–Crippen LogP) is 1.69. The second-order valence-corrected chi connectivity index (χ2v) is 2.50. The van der Waals surface area contributed by atoms with Crippen molar-refractivity contribution in [2.45, 2.75) is 40.1 Å². The third-order valence-corrected chi connectivity index (χ3v) is 1.46. The van der Waals surface area contributed by atoms with Crippen LogP contribution in [0.2, 0.25) is 0 Å². The lowest BCUT2D eigenvalue weighted by molar-refractivity contribution is -0.360. The second kappa shape index (κ2) is 5.94. The third kappa shape index (κ3) is 4.24. The lowest BCUT2D eigenvalue weighted by Gasteiger charge is -2.30. The van der Waals surface area contributed by atoms with E-state index in [9.17, 15) is 4.79 Å². The van der Waals surface area contributed by atoms with E-state index in [-0.39, 0.29) is 0 Å². The smallest absolute Gasteiger partial charge is 0.328 e. The van der Waals surface area contributed by atoms with Gasteiger partial charge in [0.25, 0.3) is 0 Å². The van der Waals surface area contributed by atoms with Crippen molar-refractivity contribution in [2.75, 3.05) is 13.2 Å². The van der Waals surface area contributed by atoms with Gasteiger partial charge < -0.3 is 14.2 Å². The average molecular weight is 190 g/mol. The highest BCUT2D eigenvalue weighted by atomic mass is 16.9. The first-order valence-electron chi connectivity index (χ1n) is 4.57. The molecule has 0 rings (SSSR count). The fraction of sp³-hybridized carbons (Fsp3) is 0.889. The number of esters is 1. The summed E-state index contributed by atoms with van der Waals surface area (Å²) < 4.78 is 15.5. The van der Waals surface area contributed by atoms with Gasteiger partial charge in [-0.05, 0) is 13.8 Å². The molecule has 4 heteroatoms. The molecule has 0 radical (unpaired) electrons. The zero-order chi connectivity index (χ0) is 10.3. The molecule has 0 aliphatic rings. The third-order valence-electron chi connectivity index (χ3n) is 1.46. The Hall–Kier alpha value is -0.610. The van der Waals surface area contributed by atoms with E-state index in [1.807, 2.05) is 20.8 Å². The summed E-state index contributed by atoms with van der Waals surface area (Å²) in [4.78, 5) is 10.8. The van der Waals surface area contributed by atoms with Gasteiger partial charge >= 0.3 is 11.9 Å². The Morgan fingerprint density at radius 2 is 1.62 bits per heavy atom. The molecule has 0 aromatic rings. The average Bonchev–Trinajstić information content (AvgIpc) is 2.04. The molecule has 78 valence electrons. The normalized spacial score (nSPS) is 11.4. The van der Waals surface area contributed by atoms with Gasteiger partial charge in [-0.3, -0.25) is 4.79 Å². The van der Waals surface area contributed by atoms with Gasteiger partial charge in [0.15, 0.2) is 0 Å². The zero-order valence-electron chi connectivity index (χ0n) is 8.75. The van der Waals surface area contributed by atoms with Gasteiger partial charge in [-0.25, -0.2) is 0 Å². The zero-order valence-corrected chi connectivity index (χ0v) is 8.75. The Morgan fingerprint density at radius 3 is 1.85 bits per heavy atom. The summed E-state index contributed by atoms with van der Waals surface area (Å²) in [5.41, 5.74) is 0. The van der Waals surface area contributed by atoms with Crippen LogP contribution >= 0.6 is 0 Å². The SMILES string of the molecule is CCOC(CC)(OCC)OC(C)=O. The number of rotatable bonds is 6. The summed E-state index contributed by atoms with van der Waals surface area (Å²) in [6, 6.07) is 0. The first-order valence-corrected chi connectivity index (χ1v) is 4.57. The molecule has 0 saturated heterocycles. The number of ether oxygens (including phenoxy) is 3. The number of carbonyl (C=O) groups is 1. The lowest BCUT2D eigenvalue weighted by Crippen LogP contribution is -2.40. The summed E-state index contributed by atoms with van der Waals surface area (Å²) in [6.45, 7) is 7.72. The van der Waals surface area contributed by atoms with E-state index in [2.05, 4.69) is 0 Å². The number of hydrogen-bond donors (Lipinski definition) is 0. The van der Waals surface area contributed by atoms with Crippen LogP contribution in [0.3, 0.4) is 0 Å². The molecule has 0 amide bonds. The maximum Gasteiger partial charge on any atom is 0.328 e. The van der Waals surface area contributed by atoms with Crippen LogP contribution in [-0.2, 0) is 19.0 Å². The van der Waals surface area contributed by atoms with Crippen molar-refractivity contribution >= 4 is 5.97 Å². The van der Waals surface area contributed by atoms with Gasteiger partial charge in [0.05, 0.1) is 13.2 Å². The molecular formula is C9H18O4. The molecule has 0 atom stereocenters. The van der Waals surface area contributed by atoms with Crippen LogP contribution in [0.25, 0.3) is 0 Å². The van der Waals surface area contributed by atoms with E-state index >= 15 is 0 Å². The quantitative estimate of drug-likeness (QED) is 0.472. The second-order valence-electron chi connectivity index (χ2n) is 2.50. The van der Waals surface area contributed by atoms with Gasteiger partial charge in [-0.2, -0.15) is 0 Å². The van der Waals surface area contributed by atoms with Crippen molar-refractivity contribution in [3.8, 4) is 0 Å². The molecule has 4 nitrogen and oxygen atoms in total. The standard InChI is InChI=1S/C9H18O4/c1-5-9(11-6-2,12-7-3)13-8(4)10/h5-7H2,1-4H3. The Kier molecular flexibility index (Phi) is 5.66. The molecule has 0 bridgehead atoms. The molecule has 0 aliphatic heterocycles. The summed E-state index contributed by atoms with van der Waals surface area (Å²) >= 11 is 0. The van der Waals surface area contributed by atoms with Crippen LogP contribution in [0.4, 0.5) is 0 Å². The van der Waals surface area contributed by atoms with Gasteiger partial charge in [-0.15, -0.1) is 0 Å². The van der Waals surface area contributed by atoms with Gasteiger partial charge in [0.1, 0.15) is 0 Å². The molecular weight excluding hydrogens is 172 g/mol. The van der Waals surface area contributed by atoms with Gasteiger partial charge in [-0.1, -0.05) is 6.92 Å². The van der Waals surface area contributed by atoms with E-state index in [0.29, 0.717) is 19.6 Å². The summed E-state index contributed by atoms with van der Waals surface area (Å²) in [7, 11) is 0. The Morgan fingerprint density at radius 1 is 1.15 bits per heavy atom. The van der Waals surface area contributed by atoms with Crippen molar-refractivity contribution in [3.05, 3.63) is 0 Å². The van der Waals surface area contributed by atoms with Crippen LogP contribution in [0, 0.1) is 0 Å². The van der Waals surface area contributed by atoms with Crippen LogP contribution < -0.4 is 0 Å². The van der Waals surface area contributed by atoms with Crippen molar-refractivity contribution < 1.29 is 19.0 Å². The largest absolute Gasteiger partial charge is 0.408 e. The molecule has 0 spiro atoms. The van der Waals surface area contributed by atoms with E-state index in [1.54, 1.807) is 0 Å². The monoisotopic (exact) mass is 190 g/mol. The van der Waals surface area contributed by atoms with E-state index < -0.39 is 11.9 Å². The molecule has 0 aliphatic carbocycles. The minimum absolute atomic E-state index is 0.399. The minimum Gasteiger partial charge on any atom is -0.408 e. The fourth-order valence-corrected chi connectivity index (χ4v) is 1.04. The maximum atomic E-state index is 10.8. The molecule has 0 aromatic heterocycles. The molecule has 0 fully saturated rings. The topological polar surface area (TPSA) is 44.8 Å². The molecule has 0 aromatic carbocycles. The number of carbonyl (C=O) groups excluding carboxylic acids is 1. The molecule has 13 heavy (non-hydrogen) atoms. The van der Waals surface area contributed by atoms with Crippen molar-refractivity contribution in [2.24, 2.45) is 0 Å². The van der Waals surface area contributed by atoms with Crippen LogP contribution in [0.15, 0.2) is 0 Å². The van der Waals surface area contributed by atoms with Crippen LogP contribution in [-0.4, -0.2) is 25.2 Å². The van der Waals surface area contributed by atoms with Crippen LogP contribution in [0.5, 0.6) is 0 Å². The first-order chi connectivity index (χ1) is 6.10. The van der Waals surface area contributed by atoms with Crippen molar-refractivity contribution in [1.29, 1.82) is 0 Å². The van der Waals surface area contributed by atoms with E-state index in [0.717, 1.165) is 0 Å². The lowest BCUT2D eigenvalue weighted by atomic mass is 10.4. The maximum absolute atomic E-state index is 10.8. The van der Waals surface area contributed by atoms with Crippen molar-refractivity contribution in [3.63, 3.8) is 0 Å². The van der Waals surface area contributed by atoms with Gasteiger partial charge in [0.2, 0.25) is 0 Å². The fourth-order valence-electron chi connectivity index (χ4n) is 1.04. The molecule has 0 N–H and O–H groups in total. The van der Waals surface area contributed by atoms with E-state index in [1.165, 1.54) is 6.92 Å². The number of hydrogen-bond acceptors (Lipinski definition) is 4. The Balaban J connectivity index is 4.33. The Labute approximate surface area is 79.2 Å². The Bertz CT molecular complexity index is 150. The van der Waals surface area contributed by atoms with Gasteiger partial charge in [0, 0.05) is 13.3 Å². The summed E-state index contributed by atoms with van der Waals surface area (Å²) in [5.74, 6) is -1.58. The molecule has 0 saturated carbocycles.